The van der Waals surface area contributed by atoms with Gasteiger partial charge in [0, 0.05) is 19.2 Å². The Morgan fingerprint density at radius 3 is 2.55 bits per heavy atom. The van der Waals surface area contributed by atoms with Gasteiger partial charge in [-0.3, -0.25) is 9.59 Å². The zero-order valence-electron chi connectivity index (χ0n) is 12.9. The molecule has 0 bridgehead atoms. The second kappa shape index (κ2) is 6.34. The molecule has 1 aromatic heterocycles. The van der Waals surface area contributed by atoms with Crippen LogP contribution in [0.15, 0.2) is 39.5 Å². The third kappa shape index (κ3) is 2.91. The molecular formula is C18H21NO3. The summed E-state index contributed by atoms with van der Waals surface area (Å²) in [5, 5.41) is 0.510. The van der Waals surface area contributed by atoms with Gasteiger partial charge in [0.1, 0.15) is 5.58 Å². The van der Waals surface area contributed by atoms with Crippen LogP contribution in [0, 0.1) is 0 Å². The van der Waals surface area contributed by atoms with Gasteiger partial charge >= 0.3 is 0 Å². The fourth-order valence-electron chi connectivity index (χ4n) is 3.19. The summed E-state index contributed by atoms with van der Waals surface area (Å²) in [5.41, 5.74) is 0.298. The lowest BCUT2D eigenvalue weighted by Crippen LogP contribution is -2.37. The van der Waals surface area contributed by atoms with Gasteiger partial charge in [-0.05, 0) is 25.0 Å². The van der Waals surface area contributed by atoms with Crippen molar-refractivity contribution in [1.29, 1.82) is 0 Å². The molecule has 1 fully saturated rings. The maximum Gasteiger partial charge on any atom is 0.289 e. The van der Waals surface area contributed by atoms with Crippen LogP contribution >= 0.6 is 0 Å². The van der Waals surface area contributed by atoms with E-state index in [9.17, 15) is 9.59 Å². The number of hydrogen-bond donors (Lipinski definition) is 0. The van der Waals surface area contributed by atoms with Gasteiger partial charge in [-0.1, -0.05) is 37.8 Å². The van der Waals surface area contributed by atoms with E-state index in [1.165, 1.54) is 18.9 Å². The molecule has 1 aliphatic rings. The number of benzene rings is 1. The molecule has 0 unspecified atom stereocenters. The summed E-state index contributed by atoms with van der Waals surface area (Å²) >= 11 is 0. The first-order valence-electron chi connectivity index (χ1n) is 7.97. The Labute approximate surface area is 129 Å². The summed E-state index contributed by atoms with van der Waals surface area (Å²) < 4.78 is 5.66. The topological polar surface area (TPSA) is 50.5 Å². The van der Waals surface area contributed by atoms with E-state index in [2.05, 4.69) is 0 Å². The summed E-state index contributed by atoms with van der Waals surface area (Å²) in [6.45, 7) is 0. The zero-order valence-corrected chi connectivity index (χ0v) is 12.9. The quantitative estimate of drug-likeness (QED) is 0.796. The van der Waals surface area contributed by atoms with Gasteiger partial charge < -0.3 is 9.32 Å². The molecule has 0 radical (unpaired) electrons. The zero-order chi connectivity index (χ0) is 15.5. The Bertz CT molecular complexity index is 726. The van der Waals surface area contributed by atoms with Crippen LogP contribution in [0.4, 0.5) is 0 Å². The van der Waals surface area contributed by atoms with Crippen molar-refractivity contribution in [3.05, 3.63) is 46.3 Å². The Balaban J connectivity index is 1.89. The molecule has 0 aliphatic heterocycles. The van der Waals surface area contributed by atoms with Crippen molar-refractivity contribution >= 4 is 16.9 Å². The molecule has 3 rings (SSSR count). The van der Waals surface area contributed by atoms with E-state index in [0.717, 1.165) is 25.7 Å². The van der Waals surface area contributed by atoms with E-state index in [4.69, 9.17) is 4.42 Å². The first kappa shape index (κ1) is 14.8. The van der Waals surface area contributed by atoms with Crippen molar-refractivity contribution in [3.63, 3.8) is 0 Å². The minimum absolute atomic E-state index is 0.135. The number of para-hydroxylation sites is 1. The summed E-state index contributed by atoms with van der Waals surface area (Å²) in [4.78, 5) is 26.5. The highest BCUT2D eigenvalue weighted by Gasteiger charge is 2.24. The third-order valence-corrected chi connectivity index (χ3v) is 4.54. The summed E-state index contributed by atoms with van der Waals surface area (Å²) in [6.07, 6.45) is 6.85. The maximum absolute atomic E-state index is 12.6. The minimum Gasteiger partial charge on any atom is -0.451 e. The van der Waals surface area contributed by atoms with Gasteiger partial charge in [-0.25, -0.2) is 0 Å². The third-order valence-electron chi connectivity index (χ3n) is 4.54. The number of carbonyl (C=O) groups excluding carboxylic acids is 1. The van der Waals surface area contributed by atoms with Crippen molar-refractivity contribution in [2.45, 2.75) is 44.6 Å². The predicted molar refractivity (Wildman–Crippen MR) is 86.1 cm³/mol. The number of nitrogens with zero attached hydrogens (tertiary/aromatic N) is 1. The largest absolute Gasteiger partial charge is 0.451 e. The lowest BCUT2D eigenvalue weighted by molar-refractivity contribution is 0.0686. The van der Waals surface area contributed by atoms with Gasteiger partial charge in [-0.2, -0.15) is 0 Å². The van der Waals surface area contributed by atoms with Gasteiger partial charge in [0.2, 0.25) is 0 Å². The highest BCUT2D eigenvalue weighted by molar-refractivity contribution is 5.93. The molecule has 0 saturated heterocycles. The molecule has 4 nitrogen and oxygen atoms in total. The van der Waals surface area contributed by atoms with Crippen molar-refractivity contribution < 1.29 is 9.21 Å². The molecule has 0 N–H and O–H groups in total. The van der Waals surface area contributed by atoms with Gasteiger partial charge in [-0.15, -0.1) is 0 Å². The van der Waals surface area contributed by atoms with Crippen molar-refractivity contribution in [3.8, 4) is 0 Å². The SMILES string of the molecule is CN(C(=O)c1cc(=O)c2ccccc2o1)C1CCCCCC1. The van der Waals surface area contributed by atoms with Crippen LogP contribution in [0.5, 0.6) is 0 Å². The van der Waals surface area contributed by atoms with Crippen LogP contribution in [0.3, 0.4) is 0 Å². The minimum atomic E-state index is -0.199. The smallest absolute Gasteiger partial charge is 0.289 e. The van der Waals surface area contributed by atoms with Crippen LogP contribution in [0.1, 0.15) is 49.1 Å². The Kier molecular flexibility index (Phi) is 4.27. The van der Waals surface area contributed by atoms with E-state index in [-0.39, 0.29) is 23.1 Å². The molecule has 1 heterocycles. The lowest BCUT2D eigenvalue weighted by atomic mass is 10.1. The number of fused-ring (bicyclic) bond motifs is 1. The molecule has 2 aromatic rings. The van der Waals surface area contributed by atoms with Gasteiger partial charge in [0.05, 0.1) is 5.39 Å². The highest BCUT2D eigenvalue weighted by Crippen LogP contribution is 2.22. The summed E-state index contributed by atoms with van der Waals surface area (Å²) in [5.74, 6) is -0.0646. The number of amides is 1. The van der Waals surface area contributed by atoms with E-state index in [0.29, 0.717) is 11.0 Å². The fraction of sp³-hybridized carbons (Fsp3) is 0.444. The molecule has 4 heteroatoms. The molecule has 22 heavy (non-hydrogen) atoms. The van der Waals surface area contributed by atoms with Crippen LogP contribution in [0.25, 0.3) is 11.0 Å². The predicted octanol–water partition coefficient (Wildman–Crippen LogP) is 3.59. The van der Waals surface area contributed by atoms with Gasteiger partial charge in [0.15, 0.2) is 11.2 Å². The van der Waals surface area contributed by atoms with E-state index in [1.54, 1.807) is 29.2 Å². The second-order valence-electron chi connectivity index (χ2n) is 6.03. The van der Waals surface area contributed by atoms with E-state index < -0.39 is 0 Å². The second-order valence-corrected chi connectivity index (χ2v) is 6.03. The van der Waals surface area contributed by atoms with E-state index in [1.807, 2.05) is 7.05 Å². The van der Waals surface area contributed by atoms with Crippen LogP contribution in [0.2, 0.25) is 0 Å². The van der Waals surface area contributed by atoms with Crippen LogP contribution < -0.4 is 5.43 Å². The molecule has 0 spiro atoms. The number of rotatable bonds is 2. The summed E-state index contributed by atoms with van der Waals surface area (Å²) in [7, 11) is 1.81. The number of carbonyl (C=O) groups is 1. The summed E-state index contributed by atoms with van der Waals surface area (Å²) in [6, 6.07) is 8.58. The lowest BCUT2D eigenvalue weighted by Gasteiger charge is -2.26. The van der Waals surface area contributed by atoms with Crippen molar-refractivity contribution in [2.75, 3.05) is 7.05 Å². The average Bonchev–Trinajstić information content (AvgIpc) is 2.82. The molecular weight excluding hydrogens is 278 g/mol. The van der Waals surface area contributed by atoms with E-state index >= 15 is 0 Å². The van der Waals surface area contributed by atoms with Crippen molar-refractivity contribution in [2.24, 2.45) is 0 Å². The monoisotopic (exact) mass is 299 g/mol. The average molecular weight is 299 g/mol. The Morgan fingerprint density at radius 2 is 1.82 bits per heavy atom. The van der Waals surface area contributed by atoms with Crippen LogP contribution in [-0.2, 0) is 0 Å². The standard InChI is InChI=1S/C18H21NO3/c1-19(13-8-4-2-3-5-9-13)18(21)17-12-15(20)14-10-6-7-11-16(14)22-17/h6-7,10-13H,2-5,8-9H2,1H3. The first-order chi connectivity index (χ1) is 10.7. The normalized spacial score (nSPS) is 16.4. The Morgan fingerprint density at radius 1 is 1.14 bits per heavy atom. The molecule has 1 aromatic carbocycles. The molecule has 0 atom stereocenters. The van der Waals surface area contributed by atoms with Crippen molar-refractivity contribution in [1.82, 2.24) is 4.90 Å². The highest BCUT2D eigenvalue weighted by atomic mass is 16.3. The maximum atomic E-state index is 12.6. The molecule has 1 amide bonds. The van der Waals surface area contributed by atoms with Gasteiger partial charge in [0.25, 0.3) is 5.91 Å². The Hall–Kier alpha value is -2.10. The van der Waals surface area contributed by atoms with Crippen LogP contribution in [-0.4, -0.2) is 23.9 Å². The number of hydrogen-bond acceptors (Lipinski definition) is 3. The fourth-order valence-corrected chi connectivity index (χ4v) is 3.19. The molecule has 1 saturated carbocycles. The molecule has 1 aliphatic carbocycles. The first-order valence-corrected chi connectivity index (χ1v) is 7.97. The molecule has 116 valence electrons.